The number of anilines is 2. The molecule has 0 amide bonds. The summed E-state index contributed by atoms with van der Waals surface area (Å²) in [5.74, 6) is 1.87. The Bertz CT molecular complexity index is 365. The van der Waals surface area contributed by atoms with Gasteiger partial charge in [0.1, 0.15) is 5.82 Å². The summed E-state index contributed by atoms with van der Waals surface area (Å²) >= 11 is 0. The lowest BCUT2D eigenvalue weighted by Crippen LogP contribution is -2.22. The second-order valence-electron chi connectivity index (χ2n) is 4.26. The van der Waals surface area contributed by atoms with Gasteiger partial charge in [0.2, 0.25) is 5.95 Å². The number of rotatable bonds is 5. The van der Waals surface area contributed by atoms with E-state index in [1.165, 1.54) is 0 Å². The van der Waals surface area contributed by atoms with Crippen LogP contribution < -0.4 is 10.6 Å². The van der Waals surface area contributed by atoms with E-state index >= 15 is 0 Å². The van der Waals surface area contributed by atoms with Crippen LogP contribution in [0.25, 0.3) is 0 Å². The van der Waals surface area contributed by atoms with E-state index in [1.54, 1.807) is 13.2 Å². The van der Waals surface area contributed by atoms with Crippen LogP contribution in [0.15, 0.2) is 6.20 Å². The van der Waals surface area contributed by atoms with Crippen LogP contribution in [0.5, 0.6) is 0 Å². The van der Waals surface area contributed by atoms with E-state index in [1.807, 2.05) is 6.92 Å². The van der Waals surface area contributed by atoms with Crippen molar-refractivity contribution in [1.82, 2.24) is 9.97 Å². The monoisotopic (exact) mass is 222 g/mol. The normalized spacial score (nSPS) is 16.9. The van der Waals surface area contributed by atoms with Gasteiger partial charge in [0, 0.05) is 25.4 Å². The van der Waals surface area contributed by atoms with Gasteiger partial charge >= 0.3 is 0 Å². The summed E-state index contributed by atoms with van der Waals surface area (Å²) in [6.07, 6.45) is 3.80. The number of nitrogens with one attached hydrogen (secondary N) is 2. The summed E-state index contributed by atoms with van der Waals surface area (Å²) in [7, 11) is 1.79. The smallest absolute Gasteiger partial charge is 0.224 e. The molecule has 0 spiro atoms. The van der Waals surface area contributed by atoms with E-state index in [4.69, 9.17) is 0 Å². The molecular formula is C11H18N4O. The molecule has 5 nitrogen and oxygen atoms in total. The van der Waals surface area contributed by atoms with Crippen molar-refractivity contribution in [3.05, 3.63) is 11.8 Å². The minimum absolute atomic E-state index is 0.257. The Labute approximate surface area is 95.3 Å². The second kappa shape index (κ2) is 4.65. The fourth-order valence-electron chi connectivity index (χ4n) is 1.59. The molecule has 3 N–H and O–H groups in total. The molecule has 0 radical (unpaired) electrons. The van der Waals surface area contributed by atoms with Crippen molar-refractivity contribution >= 4 is 11.8 Å². The van der Waals surface area contributed by atoms with Crippen LogP contribution in [0, 0.1) is 12.8 Å². The average molecular weight is 222 g/mol. The van der Waals surface area contributed by atoms with E-state index < -0.39 is 0 Å². The number of aliphatic hydroxyl groups is 1. The topological polar surface area (TPSA) is 70.1 Å². The third-order valence-corrected chi connectivity index (χ3v) is 2.84. The zero-order chi connectivity index (χ0) is 11.5. The standard InChI is InChI=1S/C11H18N4O/c1-7-5-14-11(12-2)15-10(7)13-6-9(16)8-3-4-8/h5,8-9,16H,3-4,6H2,1-2H3,(H2,12,13,14,15). The van der Waals surface area contributed by atoms with Gasteiger partial charge in [-0.1, -0.05) is 0 Å². The molecule has 1 atom stereocenters. The maximum absolute atomic E-state index is 9.75. The molecule has 1 aromatic heterocycles. The van der Waals surface area contributed by atoms with Crippen LogP contribution in [-0.4, -0.2) is 34.8 Å². The Morgan fingerprint density at radius 2 is 2.31 bits per heavy atom. The molecule has 1 aliphatic carbocycles. The molecule has 0 aliphatic heterocycles. The third-order valence-electron chi connectivity index (χ3n) is 2.84. The lowest BCUT2D eigenvalue weighted by molar-refractivity contribution is 0.164. The molecule has 5 heteroatoms. The summed E-state index contributed by atoms with van der Waals surface area (Å²) < 4.78 is 0. The molecule has 0 saturated heterocycles. The molecule has 1 aliphatic rings. The quantitative estimate of drug-likeness (QED) is 0.693. The molecule has 2 rings (SSSR count). The van der Waals surface area contributed by atoms with E-state index in [9.17, 15) is 5.11 Å². The highest BCUT2D eigenvalue weighted by Gasteiger charge is 2.29. The molecule has 16 heavy (non-hydrogen) atoms. The van der Waals surface area contributed by atoms with E-state index in [0.29, 0.717) is 18.4 Å². The Hall–Kier alpha value is -1.36. The number of aliphatic hydroxyl groups excluding tert-OH is 1. The minimum Gasteiger partial charge on any atom is -0.391 e. The van der Waals surface area contributed by atoms with Gasteiger partial charge in [-0.05, 0) is 25.7 Å². The number of aryl methyl sites for hydroxylation is 1. The molecule has 88 valence electrons. The Morgan fingerprint density at radius 3 is 2.94 bits per heavy atom. The molecule has 1 fully saturated rings. The van der Waals surface area contributed by atoms with Crippen LogP contribution in [0.1, 0.15) is 18.4 Å². The van der Waals surface area contributed by atoms with Gasteiger partial charge < -0.3 is 15.7 Å². The SMILES string of the molecule is CNc1ncc(C)c(NCC(O)C2CC2)n1. The van der Waals surface area contributed by atoms with Crippen LogP contribution in [0.2, 0.25) is 0 Å². The Morgan fingerprint density at radius 1 is 1.56 bits per heavy atom. The summed E-state index contributed by atoms with van der Waals surface area (Å²) in [5, 5.41) is 15.8. The summed E-state index contributed by atoms with van der Waals surface area (Å²) in [5.41, 5.74) is 0.988. The maximum Gasteiger partial charge on any atom is 0.224 e. The Balaban J connectivity index is 1.96. The molecule has 1 heterocycles. The molecule has 1 unspecified atom stereocenters. The first kappa shape index (κ1) is 11.1. The minimum atomic E-state index is -0.257. The van der Waals surface area contributed by atoms with Gasteiger partial charge in [-0.15, -0.1) is 0 Å². The van der Waals surface area contributed by atoms with Crippen molar-refractivity contribution in [2.45, 2.75) is 25.9 Å². The lowest BCUT2D eigenvalue weighted by atomic mass is 10.2. The molecule has 1 aromatic rings. The highest BCUT2D eigenvalue weighted by atomic mass is 16.3. The molecular weight excluding hydrogens is 204 g/mol. The summed E-state index contributed by atoms with van der Waals surface area (Å²) in [6.45, 7) is 2.51. The first-order valence-electron chi connectivity index (χ1n) is 5.64. The number of nitrogens with zero attached hydrogens (tertiary/aromatic N) is 2. The van der Waals surface area contributed by atoms with Crippen molar-refractivity contribution < 1.29 is 5.11 Å². The first-order valence-corrected chi connectivity index (χ1v) is 5.64. The fourth-order valence-corrected chi connectivity index (χ4v) is 1.59. The lowest BCUT2D eigenvalue weighted by Gasteiger charge is -2.13. The molecule has 0 bridgehead atoms. The van der Waals surface area contributed by atoms with Crippen molar-refractivity contribution in [3.8, 4) is 0 Å². The maximum atomic E-state index is 9.75. The third kappa shape index (κ3) is 2.61. The van der Waals surface area contributed by atoms with Crippen LogP contribution >= 0.6 is 0 Å². The van der Waals surface area contributed by atoms with Gasteiger partial charge in [-0.25, -0.2) is 4.98 Å². The highest BCUT2D eigenvalue weighted by molar-refractivity contribution is 5.46. The van der Waals surface area contributed by atoms with Crippen molar-refractivity contribution in [2.75, 3.05) is 24.2 Å². The van der Waals surface area contributed by atoms with E-state index in [-0.39, 0.29) is 6.10 Å². The van der Waals surface area contributed by atoms with Crippen LogP contribution in [0.3, 0.4) is 0 Å². The molecule has 1 saturated carbocycles. The zero-order valence-corrected chi connectivity index (χ0v) is 9.70. The average Bonchev–Trinajstić information content (AvgIpc) is 3.11. The van der Waals surface area contributed by atoms with Crippen LogP contribution in [-0.2, 0) is 0 Å². The van der Waals surface area contributed by atoms with Gasteiger partial charge in [-0.3, -0.25) is 0 Å². The largest absolute Gasteiger partial charge is 0.391 e. The number of aromatic nitrogens is 2. The van der Waals surface area contributed by atoms with Crippen molar-refractivity contribution in [3.63, 3.8) is 0 Å². The Kier molecular flexibility index (Phi) is 3.24. The molecule has 0 aromatic carbocycles. The zero-order valence-electron chi connectivity index (χ0n) is 9.70. The predicted molar refractivity (Wildman–Crippen MR) is 63.5 cm³/mol. The predicted octanol–water partition coefficient (Wildman–Crippen LogP) is 1.01. The highest BCUT2D eigenvalue weighted by Crippen LogP contribution is 2.32. The fraction of sp³-hybridized carbons (Fsp3) is 0.636. The summed E-state index contributed by atoms with van der Waals surface area (Å²) in [6, 6.07) is 0. The second-order valence-corrected chi connectivity index (χ2v) is 4.26. The van der Waals surface area contributed by atoms with Crippen LogP contribution in [0.4, 0.5) is 11.8 Å². The van der Waals surface area contributed by atoms with Gasteiger partial charge in [-0.2, -0.15) is 4.98 Å². The van der Waals surface area contributed by atoms with Gasteiger partial charge in [0.05, 0.1) is 6.10 Å². The number of hydrogen-bond donors (Lipinski definition) is 3. The summed E-state index contributed by atoms with van der Waals surface area (Å²) in [4.78, 5) is 8.41. The van der Waals surface area contributed by atoms with Gasteiger partial charge in [0.15, 0.2) is 0 Å². The van der Waals surface area contributed by atoms with Crippen molar-refractivity contribution in [2.24, 2.45) is 5.92 Å². The van der Waals surface area contributed by atoms with Gasteiger partial charge in [0.25, 0.3) is 0 Å². The van der Waals surface area contributed by atoms with Crippen molar-refractivity contribution in [1.29, 1.82) is 0 Å². The van der Waals surface area contributed by atoms with E-state index in [0.717, 1.165) is 24.2 Å². The first-order chi connectivity index (χ1) is 7.70. The number of hydrogen-bond acceptors (Lipinski definition) is 5. The van der Waals surface area contributed by atoms with E-state index in [2.05, 4.69) is 20.6 Å².